The van der Waals surface area contributed by atoms with E-state index in [0.29, 0.717) is 11.4 Å². The monoisotopic (exact) mass is 358 g/mol. The lowest BCUT2D eigenvalue weighted by atomic mass is 9.74. The highest BCUT2D eigenvalue weighted by Crippen LogP contribution is 2.49. The minimum atomic E-state index is -1.14. The number of cyclic esters (lactones) is 1. The average molecular weight is 360 g/mol. The van der Waals surface area contributed by atoms with E-state index in [4.69, 9.17) is 16.3 Å². The van der Waals surface area contributed by atoms with Crippen molar-refractivity contribution in [3.8, 4) is 0 Å². The second-order valence-electron chi connectivity index (χ2n) is 5.51. The summed E-state index contributed by atoms with van der Waals surface area (Å²) < 4.78 is 4.65. The third kappa shape index (κ3) is 2.29. The van der Waals surface area contributed by atoms with Crippen molar-refractivity contribution in [3.05, 3.63) is 34.9 Å². The summed E-state index contributed by atoms with van der Waals surface area (Å²) in [7, 11) is 0. The van der Waals surface area contributed by atoms with Crippen LogP contribution in [0.3, 0.4) is 0 Å². The zero-order valence-corrected chi connectivity index (χ0v) is 13.9. The Morgan fingerprint density at radius 3 is 2.30 bits per heavy atom. The van der Waals surface area contributed by atoms with Gasteiger partial charge < -0.3 is 4.74 Å². The lowest BCUT2D eigenvalue weighted by Gasteiger charge is -2.43. The molecule has 20 heavy (non-hydrogen) atoms. The summed E-state index contributed by atoms with van der Waals surface area (Å²) in [6.07, 6.45) is -0.117. The lowest BCUT2D eigenvalue weighted by Crippen LogP contribution is -2.55. The first-order valence-corrected chi connectivity index (χ1v) is 7.61. The Labute approximate surface area is 131 Å². The van der Waals surface area contributed by atoms with Crippen LogP contribution in [0.25, 0.3) is 0 Å². The third-order valence-corrected chi connectivity index (χ3v) is 5.37. The van der Waals surface area contributed by atoms with E-state index < -0.39 is 21.8 Å². The molecule has 108 valence electrons. The van der Waals surface area contributed by atoms with Gasteiger partial charge in [0.05, 0.1) is 0 Å². The highest BCUT2D eigenvalue weighted by molar-refractivity contribution is 9.10. The van der Waals surface area contributed by atoms with Crippen LogP contribution in [0.2, 0.25) is 5.02 Å². The molecule has 1 fully saturated rings. The first-order valence-electron chi connectivity index (χ1n) is 6.44. The van der Waals surface area contributed by atoms with Crippen molar-refractivity contribution in [1.29, 1.82) is 0 Å². The summed E-state index contributed by atoms with van der Waals surface area (Å²) in [5.74, 6) is -0.644. The number of hydrogen-bond donors (Lipinski definition) is 0. The molecule has 2 unspecified atom stereocenters. The minimum absolute atomic E-state index is 0.149. The van der Waals surface area contributed by atoms with Gasteiger partial charge in [-0.1, -0.05) is 46.6 Å². The maximum absolute atomic E-state index is 12.7. The standard InChI is InChI=1S/C15H16BrClO3/c1-4-15(16)11(9-5-7-10(17)8-6-9)20-13(19)14(2,3)12(15)18/h5-8,11H,4H2,1-3H3. The van der Waals surface area contributed by atoms with Crippen LogP contribution in [0.4, 0.5) is 0 Å². The molecule has 2 atom stereocenters. The maximum atomic E-state index is 12.7. The lowest BCUT2D eigenvalue weighted by molar-refractivity contribution is -0.176. The van der Waals surface area contributed by atoms with Crippen molar-refractivity contribution in [2.45, 2.75) is 37.6 Å². The zero-order valence-electron chi connectivity index (χ0n) is 11.6. The van der Waals surface area contributed by atoms with E-state index >= 15 is 0 Å². The number of ketones is 1. The van der Waals surface area contributed by atoms with E-state index in [1.54, 1.807) is 38.1 Å². The molecule has 0 bridgehead atoms. The summed E-state index contributed by atoms with van der Waals surface area (Å²) in [4.78, 5) is 24.8. The van der Waals surface area contributed by atoms with Crippen LogP contribution in [0, 0.1) is 5.41 Å². The van der Waals surface area contributed by atoms with Crippen LogP contribution >= 0.6 is 27.5 Å². The number of carbonyl (C=O) groups is 2. The Bertz CT molecular complexity index is 553. The second-order valence-corrected chi connectivity index (χ2v) is 7.36. The predicted octanol–water partition coefficient (Wildman–Crippen LogP) is 4.08. The number of carbonyl (C=O) groups excluding carboxylic acids is 2. The molecule has 0 N–H and O–H groups in total. The normalized spacial score (nSPS) is 29.1. The number of esters is 1. The molecule has 1 aliphatic heterocycles. The number of hydrogen-bond acceptors (Lipinski definition) is 3. The van der Waals surface area contributed by atoms with Gasteiger partial charge in [0.2, 0.25) is 0 Å². The largest absolute Gasteiger partial charge is 0.455 e. The fourth-order valence-corrected chi connectivity index (χ4v) is 3.37. The molecule has 1 saturated heterocycles. The van der Waals surface area contributed by atoms with Crippen molar-refractivity contribution in [2.75, 3.05) is 0 Å². The number of alkyl halides is 1. The molecule has 1 heterocycles. The van der Waals surface area contributed by atoms with E-state index in [2.05, 4.69) is 15.9 Å². The fraction of sp³-hybridized carbons (Fsp3) is 0.467. The molecule has 2 rings (SSSR count). The molecule has 1 aromatic carbocycles. The maximum Gasteiger partial charge on any atom is 0.319 e. The number of ether oxygens (including phenoxy) is 1. The van der Waals surface area contributed by atoms with Crippen molar-refractivity contribution in [1.82, 2.24) is 0 Å². The van der Waals surface area contributed by atoms with Crippen molar-refractivity contribution in [2.24, 2.45) is 5.41 Å². The average Bonchev–Trinajstić information content (AvgIpc) is 2.42. The second kappa shape index (κ2) is 5.15. The smallest absolute Gasteiger partial charge is 0.319 e. The predicted molar refractivity (Wildman–Crippen MR) is 81.0 cm³/mol. The van der Waals surface area contributed by atoms with Gasteiger partial charge in [-0.3, -0.25) is 9.59 Å². The van der Waals surface area contributed by atoms with Crippen LogP contribution in [-0.4, -0.2) is 16.1 Å². The highest BCUT2D eigenvalue weighted by Gasteiger charge is 2.58. The molecule has 1 aliphatic rings. The van der Waals surface area contributed by atoms with Crippen LogP contribution in [-0.2, 0) is 14.3 Å². The molecule has 0 aliphatic carbocycles. The fourth-order valence-electron chi connectivity index (χ4n) is 2.39. The molecule has 0 radical (unpaired) electrons. The van der Waals surface area contributed by atoms with Gasteiger partial charge in [-0.05, 0) is 38.0 Å². The van der Waals surface area contributed by atoms with E-state index in [1.807, 2.05) is 6.92 Å². The van der Waals surface area contributed by atoms with Crippen LogP contribution < -0.4 is 0 Å². The number of Topliss-reactive ketones (excluding diaryl/α,β-unsaturated/α-hetero) is 1. The van der Waals surface area contributed by atoms with Gasteiger partial charge in [0, 0.05) is 5.02 Å². The SMILES string of the molecule is CCC1(Br)C(=O)C(C)(C)C(=O)OC1c1ccc(Cl)cc1. The zero-order chi connectivity index (χ0) is 15.1. The Kier molecular flexibility index (Phi) is 4.00. The molecule has 0 amide bonds. The molecular weight excluding hydrogens is 344 g/mol. The molecular formula is C15H16BrClO3. The molecule has 3 nitrogen and oxygen atoms in total. The van der Waals surface area contributed by atoms with Gasteiger partial charge in [-0.15, -0.1) is 0 Å². The van der Waals surface area contributed by atoms with Gasteiger partial charge in [-0.2, -0.15) is 0 Å². The van der Waals surface area contributed by atoms with Gasteiger partial charge in [0.15, 0.2) is 5.78 Å². The summed E-state index contributed by atoms with van der Waals surface area (Å²) in [6, 6.07) is 6.99. The Balaban J connectivity index is 2.49. The van der Waals surface area contributed by atoms with E-state index in [-0.39, 0.29) is 5.78 Å². The van der Waals surface area contributed by atoms with Gasteiger partial charge >= 0.3 is 5.97 Å². The Morgan fingerprint density at radius 2 is 1.80 bits per heavy atom. The summed E-state index contributed by atoms with van der Waals surface area (Å²) in [5, 5.41) is 0.596. The summed E-state index contributed by atoms with van der Waals surface area (Å²) >= 11 is 9.40. The Hall–Kier alpha value is -0.870. The van der Waals surface area contributed by atoms with E-state index in [1.165, 1.54) is 0 Å². The van der Waals surface area contributed by atoms with Crippen LogP contribution in [0.1, 0.15) is 38.9 Å². The van der Waals surface area contributed by atoms with Crippen molar-refractivity contribution in [3.63, 3.8) is 0 Å². The summed E-state index contributed by atoms with van der Waals surface area (Å²) in [5.41, 5.74) is -0.382. The minimum Gasteiger partial charge on any atom is -0.455 e. The summed E-state index contributed by atoms with van der Waals surface area (Å²) in [6.45, 7) is 5.09. The first kappa shape index (κ1) is 15.5. The molecule has 0 saturated carbocycles. The molecule has 5 heteroatoms. The third-order valence-electron chi connectivity index (χ3n) is 3.78. The molecule has 1 aromatic rings. The van der Waals surface area contributed by atoms with Crippen LogP contribution in [0.15, 0.2) is 24.3 Å². The quantitative estimate of drug-likeness (QED) is 0.454. The topological polar surface area (TPSA) is 43.4 Å². The van der Waals surface area contributed by atoms with Gasteiger partial charge in [0.25, 0.3) is 0 Å². The number of halogens is 2. The number of rotatable bonds is 2. The number of benzene rings is 1. The first-order chi connectivity index (χ1) is 9.23. The van der Waals surface area contributed by atoms with Crippen molar-refractivity contribution >= 4 is 39.3 Å². The molecule has 0 aromatic heterocycles. The van der Waals surface area contributed by atoms with E-state index in [0.717, 1.165) is 5.56 Å². The van der Waals surface area contributed by atoms with Crippen molar-refractivity contribution < 1.29 is 14.3 Å². The Morgan fingerprint density at radius 1 is 1.25 bits per heavy atom. The van der Waals surface area contributed by atoms with Crippen LogP contribution in [0.5, 0.6) is 0 Å². The highest BCUT2D eigenvalue weighted by atomic mass is 79.9. The van der Waals surface area contributed by atoms with E-state index in [9.17, 15) is 9.59 Å². The molecule has 0 spiro atoms. The van der Waals surface area contributed by atoms with Gasteiger partial charge in [-0.25, -0.2) is 0 Å². The van der Waals surface area contributed by atoms with Gasteiger partial charge in [0.1, 0.15) is 15.8 Å².